The third kappa shape index (κ3) is 2.44. The fourth-order valence-corrected chi connectivity index (χ4v) is 3.02. The van der Waals surface area contributed by atoms with Crippen molar-refractivity contribution in [3.63, 3.8) is 0 Å². The zero-order valence-corrected chi connectivity index (χ0v) is 11.2. The number of thiazole rings is 1. The van der Waals surface area contributed by atoms with Gasteiger partial charge in [0.1, 0.15) is 0 Å². The Kier molecular flexibility index (Phi) is 3.12. The zero-order valence-electron chi connectivity index (χ0n) is 10.4. The number of esters is 1. The van der Waals surface area contributed by atoms with E-state index in [-0.39, 0.29) is 11.9 Å². The van der Waals surface area contributed by atoms with Crippen LogP contribution >= 0.6 is 11.3 Å². The molecule has 0 aliphatic carbocycles. The van der Waals surface area contributed by atoms with E-state index < -0.39 is 5.60 Å². The Morgan fingerprint density at radius 2 is 2.41 bits per heavy atom. The van der Waals surface area contributed by atoms with Crippen LogP contribution in [0.4, 0.5) is 5.13 Å². The molecule has 1 fully saturated rings. The maximum absolute atomic E-state index is 11.8. The molecule has 17 heavy (non-hydrogen) atoms. The summed E-state index contributed by atoms with van der Waals surface area (Å²) in [5.41, 5.74) is 5.81. The van der Waals surface area contributed by atoms with Gasteiger partial charge in [0.15, 0.2) is 10.7 Å². The van der Waals surface area contributed by atoms with Gasteiger partial charge in [0.2, 0.25) is 0 Å². The number of carbonyl (C=O) groups is 1. The molecule has 2 N–H and O–H groups in total. The van der Waals surface area contributed by atoms with E-state index in [1.807, 2.05) is 12.3 Å². The lowest BCUT2D eigenvalue weighted by atomic mass is 9.88. The third-order valence-corrected chi connectivity index (χ3v) is 3.79. The molecule has 1 aliphatic rings. The average molecular weight is 254 g/mol. The number of rotatable bonds is 3. The fourth-order valence-electron chi connectivity index (χ4n) is 2.34. The van der Waals surface area contributed by atoms with Gasteiger partial charge in [-0.1, -0.05) is 13.8 Å². The molecular formula is C12H18N2O2S. The predicted octanol–water partition coefficient (Wildman–Crippen LogP) is 2.55. The van der Waals surface area contributed by atoms with Crippen LogP contribution in [-0.2, 0) is 15.1 Å². The highest BCUT2D eigenvalue weighted by atomic mass is 32.1. The molecule has 1 aromatic heterocycles. The largest absolute Gasteiger partial charge is 0.453 e. The first-order valence-corrected chi connectivity index (χ1v) is 6.73. The molecule has 2 rings (SSSR count). The molecule has 2 atom stereocenters. The predicted molar refractivity (Wildman–Crippen MR) is 67.5 cm³/mol. The van der Waals surface area contributed by atoms with E-state index >= 15 is 0 Å². The van der Waals surface area contributed by atoms with E-state index in [1.165, 1.54) is 11.3 Å². The van der Waals surface area contributed by atoms with Gasteiger partial charge in [0, 0.05) is 11.8 Å². The van der Waals surface area contributed by atoms with Crippen LogP contribution < -0.4 is 5.73 Å². The monoisotopic (exact) mass is 254 g/mol. The first-order valence-electron chi connectivity index (χ1n) is 5.85. The summed E-state index contributed by atoms with van der Waals surface area (Å²) in [6, 6.07) is 0. The van der Waals surface area contributed by atoms with Crippen LogP contribution in [0.2, 0.25) is 0 Å². The van der Waals surface area contributed by atoms with Crippen LogP contribution in [0.3, 0.4) is 0 Å². The number of cyclic esters (lactones) is 1. The number of aromatic nitrogens is 1. The lowest BCUT2D eigenvalue weighted by molar-refractivity contribution is -0.150. The van der Waals surface area contributed by atoms with Gasteiger partial charge < -0.3 is 10.5 Å². The second kappa shape index (κ2) is 4.29. The van der Waals surface area contributed by atoms with Crippen molar-refractivity contribution < 1.29 is 9.53 Å². The number of carbonyl (C=O) groups excluding carboxylic acids is 1. The molecule has 1 aromatic rings. The lowest BCUT2D eigenvalue weighted by Gasteiger charge is -2.19. The number of nitrogens with two attached hydrogens (primary N) is 1. The van der Waals surface area contributed by atoms with Crippen LogP contribution in [0.25, 0.3) is 0 Å². The molecule has 0 unspecified atom stereocenters. The van der Waals surface area contributed by atoms with Gasteiger partial charge in [-0.15, -0.1) is 11.3 Å². The van der Waals surface area contributed by atoms with Crippen LogP contribution in [0.5, 0.6) is 0 Å². The summed E-state index contributed by atoms with van der Waals surface area (Å²) >= 11 is 1.38. The van der Waals surface area contributed by atoms with Crippen molar-refractivity contribution in [2.75, 3.05) is 5.73 Å². The number of ether oxygens (including phenoxy) is 1. The van der Waals surface area contributed by atoms with Gasteiger partial charge in [-0.05, 0) is 19.3 Å². The Labute approximate surface area is 105 Å². The number of hydrogen-bond acceptors (Lipinski definition) is 5. The van der Waals surface area contributed by atoms with Crippen molar-refractivity contribution >= 4 is 22.4 Å². The molecule has 0 bridgehead atoms. The minimum atomic E-state index is -0.592. The molecule has 1 aliphatic heterocycles. The third-order valence-electron chi connectivity index (χ3n) is 3.11. The van der Waals surface area contributed by atoms with Crippen LogP contribution in [0.1, 0.15) is 39.3 Å². The van der Waals surface area contributed by atoms with E-state index in [1.54, 1.807) is 0 Å². The summed E-state index contributed by atoms with van der Waals surface area (Å²) in [4.78, 5) is 16.1. The van der Waals surface area contributed by atoms with Crippen LogP contribution in [-0.4, -0.2) is 11.0 Å². The van der Waals surface area contributed by atoms with Crippen LogP contribution in [0, 0.1) is 11.8 Å². The summed E-state index contributed by atoms with van der Waals surface area (Å²) in [7, 11) is 0. The molecule has 2 heterocycles. The SMILES string of the molecule is CC(C)C[C@H]1C[C@](C)(c2csc(N)n2)OC1=O. The van der Waals surface area contributed by atoms with E-state index in [2.05, 4.69) is 18.8 Å². The summed E-state index contributed by atoms with van der Waals surface area (Å²) in [6.45, 7) is 6.15. The normalized spacial score (nSPS) is 28.7. The van der Waals surface area contributed by atoms with Crippen molar-refractivity contribution in [1.82, 2.24) is 4.98 Å². The molecule has 0 saturated carbocycles. The van der Waals surface area contributed by atoms with Crippen molar-refractivity contribution in [2.45, 2.75) is 39.2 Å². The second-order valence-electron chi connectivity index (χ2n) is 5.25. The molecule has 4 nitrogen and oxygen atoms in total. The van der Waals surface area contributed by atoms with Crippen molar-refractivity contribution in [3.8, 4) is 0 Å². The zero-order chi connectivity index (χ0) is 12.6. The van der Waals surface area contributed by atoms with E-state index in [0.717, 1.165) is 12.1 Å². The topological polar surface area (TPSA) is 65.2 Å². The summed E-state index contributed by atoms with van der Waals surface area (Å²) in [5, 5.41) is 2.39. The van der Waals surface area contributed by atoms with Crippen molar-refractivity contribution in [2.24, 2.45) is 11.8 Å². The summed E-state index contributed by atoms with van der Waals surface area (Å²) in [5.74, 6) is 0.381. The molecular weight excluding hydrogens is 236 g/mol. The highest BCUT2D eigenvalue weighted by Gasteiger charge is 2.45. The van der Waals surface area contributed by atoms with E-state index in [9.17, 15) is 4.79 Å². The summed E-state index contributed by atoms with van der Waals surface area (Å²) < 4.78 is 5.51. The minimum absolute atomic E-state index is 0.0112. The number of nitrogen functional groups attached to an aromatic ring is 1. The quantitative estimate of drug-likeness (QED) is 0.842. The standard InChI is InChI=1S/C12H18N2O2S/c1-7(2)4-8-5-12(3,16-10(8)15)9-6-17-11(13)14-9/h6-8H,4-5H2,1-3H3,(H2,13,14)/t8-,12+/m0/s1. The molecule has 0 radical (unpaired) electrons. The van der Waals surface area contributed by atoms with Gasteiger partial charge in [-0.3, -0.25) is 4.79 Å². The molecule has 0 aromatic carbocycles. The van der Waals surface area contributed by atoms with E-state index in [4.69, 9.17) is 10.5 Å². The Morgan fingerprint density at radius 3 is 2.94 bits per heavy atom. The first-order chi connectivity index (χ1) is 7.90. The molecule has 5 heteroatoms. The Bertz CT molecular complexity index is 430. The lowest BCUT2D eigenvalue weighted by Crippen LogP contribution is -2.21. The van der Waals surface area contributed by atoms with Gasteiger partial charge in [0.25, 0.3) is 0 Å². The highest BCUT2D eigenvalue weighted by molar-refractivity contribution is 7.13. The second-order valence-corrected chi connectivity index (χ2v) is 6.14. The Balaban J connectivity index is 2.16. The number of anilines is 1. The van der Waals surface area contributed by atoms with E-state index in [0.29, 0.717) is 17.5 Å². The Morgan fingerprint density at radius 1 is 1.71 bits per heavy atom. The molecule has 0 spiro atoms. The smallest absolute Gasteiger partial charge is 0.310 e. The number of hydrogen-bond donors (Lipinski definition) is 1. The maximum atomic E-state index is 11.8. The maximum Gasteiger partial charge on any atom is 0.310 e. The van der Waals surface area contributed by atoms with Gasteiger partial charge in [0.05, 0.1) is 11.6 Å². The Hall–Kier alpha value is -1.10. The fraction of sp³-hybridized carbons (Fsp3) is 0.667. The van der Waals surface area contributed by atoms with Crippen molar-refractivity contribution in [3.05, 3.63) is 11.1 Å². The average Bonchev–Trinajstić information content (AvgIpc) is 2.73. The highest BCUT2D eigenvalue weighted by Crippen LogP contribution is 2.42. The minimum Gasteiger partial charge on any atom is -0.453 e. The number of nitrogens with zero attached hydrogens (tertiary/aromatic N) is 1. The summed E-state index contributed by atoms with van der Waals surface area (Å²) in [6.07, 6.45) is 1.57. The van der Waals surface area contributed by atoms with Gasteiger partial charge in [-0.2, -0.15) is 0 Å². The first kappa shape index (κ1) is 12.4. The van der Waals surface area contributed by atoms with Crippen LogP contribution in [0.15, 0.2) is 5.38 Å². The molecule has 0 amide bonds. The molecule has 94 valence electrons. The van der Waals surface area contributed by atoms with Gasteiger partial charge >= 0.3 is 5.97 Å². The van der Waals surface area contributed by atoms with Gasteiger partial charge in [-0.25, -0.2) is 4.98 Å². The van der Waals surface area contributed by atoms with Crippen molar-refractivity contribution in [1.29, 1.82) is 0 Å². The molecule has 1 saturated heterocycles.